The standard InChI is InChI=1S/C23H21F3N4O4/c24-16-10-18(26)19(11-17(16)25)28-23-30-29-22(34-23)21(33)27-14-7-5-12(6-8-14)15-4-2-1-3-13(15)9-20(31)32/h5-8,10-11,13,15H,1-4,9H2,(H,27,33)(H,28,30)(H,31,32). The summed E-state index contributed by atoms with van der Waals surface area (Å²) in [5.74, 6) is -5.42. The molecule has 34 heavy (non-hydrogen) atoms. The Morgan fingerprint density at radius 2 is 1.71 bits per heavy atom. The van der Waals surface area contributed by atoms with Gasteiger partial charge in [-0.25, -0.2) is 13.2 Å². The first-order valence-corrected chi connectivity index (χ1v) is 10.7. The number of hydrogen-bond donors (Lipinski definition) is 3. The maximum Gasteiger partial charge on any atom is 0.320 e. The van der Waals surface area contributed by atoms with Gasteiger partial charge < -0.3 is 20.2 Å². The molecule has 178 valence electrons. The molecule has 11 heteroatoms. The number of carbonyl (C=O) groups is 2. The van der Waals surface area contributed by atoms with Gasteiger partial charge in [0.05, 0.1) is 5.69 Å². The third-order valence-corrected chi connectivity index (χ3v) is 5.81. The molecule has 1 saturated carbocycles. The molecule has 0 radical (unpaired) electrons. The van der Waals surface area contributed by atoms with Gasteiger partial charge in [0.25, 0.3) is 0 Å². The average Bonchev–Trinajstić information content (AvgIpc) is 3.27. The van der Waals surface area contributed by atoms with Gasteiger partial charge in [-0.1, -0.05) is 30.1 Å². The fourth-order valence-electron chi connectivity index (χ4n) is 4.21. The molecule has 1 aromatic heterocycles. The number of anilines is 3. The molecule has 1 aliphatic rings. The minimum atomic E-state index is -1.35. The summed E-state index contributed by atoms with van der Waals surface area (Å²) in [6.07, 6.45) is 3.98. The van der Waals surface area contributed by atoms with Crippen LogP contribution < -0.4 is 10.6 Å². The Hall–Kier alpha value is -3.89. The van der Waals surface area contributed by atoms with E-state index in [9.17, 15) is 27.9 Å². The second kappa shape index (κ2) is 9.94. The fraction of sp³-hybridized carbons (Fsp3) is 0.304. The van der Waals surface area contributed by atoms with Gasteiger partial charge in [0.2, 0.25) is 0 Å². The van der Waals surface area contributed by atoms with Crippen LogP contribution in [0.2, 0.25) is 0 Å². The van der Waals surface area contributed by atoms with E-state index < -0.39 is 40.9 Å². The summed E-state index contributed by atoms with van der Waals surface area (Å²) in [6.45, 7) is 0. The topological polar surface area (TPSA) is 117 Å². The summed E-state index contributed by atoms with van der Waals surface area (Å²) in [5.41, 5.74) is 1.04. The highest BCUT2D eigenvalue weighted by molar-refractivity contribution is 6.00. The molecule has 4 rings (SSSR count). The van der Waals surface area contributed by atoms with Crippen LogP contribution in [-0.2, 0) is 4.79 Å². The van der Waals surface area contributed by atoms with Crippen LogP contribution in [0.4, 0.5) is 30.6 Å². The monoisotopic (exact) mass is 474 g/mol. The van der Waals surface area contributed by atoms with Crippen molar-refractivity contribution in [2.24, 2.45) is 5.92 Å². The van der Waals surface area contributed by atoms with Crippen molar-refractivity contribution in [1.29, 1.82) is 0 Å². The van der Waals surface area contributed by atoms with E-state index in [4.69, 9.17) is 4.42 Å². The minimum Gasteiger partial charge on any atom is -0.481 e. The molecule has 0 saturated heterocycles. The predicted octanol–water partition coefficient (Wildman–Crippen LogP) is 5.23. The number of amides is 1. The first-order valence-electron chi connectivity index (χ1n) is 10.7. The molecule has 8 nitrogen and oxygen atoms in total. The number of rotatable bonds is 7. The summed E-state index contributed by atoms with van der Waals surface area (Å²) in [6, 6.07) is 7.68. The van der Waals surface area contributed by atoms with Gasteiger partial charge in [0.15, 0.2) is 11.6 Å². The Morgan fingerprint density at radius 1 is 1.00 bits per heavy atom. The Labute approximate surface area is 192 Å². The second-order valence-corrected chi connectivity index (χ2v) is 8.11. The molecule has 1 heterocycles. The summed E-state index contributed by atoms with van der Waals surface area (Å²) in [7, 11) is 0. The number of carboxylic acid groups (broad SMARTS) is 1. The normalized spacial score (nSPS) is 17.9. The molecule has 1 amide bonds. The number of halogens is 3. The number of nitrogens with zero attached hydrogens (tertiary/aromatic N) is 2. The van der Waals surface area contributed by atoms with E-state index in [1.54, 1.807) is 12.1 Å². The smallest absolute Gasteiger partial charge is 0.320 e. The molecule has 2 unspecified atom stereocenters. The number of carbonyl (C=O) groups excluding carboxylic acids is 1. The maximum absolute atomic E-state index is 13.8. The third-order valence-electron chi connectivity index (χ3n) is 5.81. The van der Waals surface area contributed by atoms with Crippen molar-refractivity contribution in [3.8, 4) is 0 Å². The molecular weight excluding hydrogens is 453 g/mol. The Kier molecular flexibility index (Phi) is 6.80. The van der Waals surface area contributed by atoms with Crippen molar-refractivity contribution in [3.63, 3.8) is 0 Å². The van der Waals surface area contributed by atoms with Gasteiger partial charge >= 0.3 is 23.8 Å². The summed E-state index contributed by atoms with van der Waals surface area (Å²) in [5, 5.41) is 21.2. The van der Waals surface area contributed by atoms with Crippen LogP contribution >= 0.6 is 0 Å². The summed E-state index contributed by atoms with van der Waals surface area (Å²) < 4.78 is 45.3. The van der Waals surface area contributed by atoms with Crippen molar-refractivity contribution in [1.82, 2.24) is 10.2 Å². The minimum absolute atomic E-state index is 0.0791. The van der Waals surface area contributed by atoms with E-state index in [2.05, 4.69) is 20.8 Å². The van der Waals surface area contributed by atoms with Crippen molar-refractivity contribution < 1.29 is 32.3 Å². The van der Waals surface area contributed by atoms with E-state index >= 15 is 0 Å². The number of benzene rings is 2. The van der Waals surface area contributed by atoms with Crippen molar-refractivity contribution in [3.05, 3.63) is 65.3 Å². The van der Waals surface area contributed by atoms with Gasteiger partial charge in [0.1, 0.15) is 5.82 Å². The van der Waals surface area contributed by atoms with Crippen LogP contribution in [0.15, 0.2) is 40.8 Å². The molecule has 0 bridgehead atoms. The molecule has 2 aromatic carbocycles. The molecule has 3 aromatic rings. The van der Waals surface area contributed by atoms with Crippen LogP contribution in [0.1, 0.15) is 54.3 Å². The molecule has 1 fully saturated rings. The van der Waals surface area contributed by atoms with Crippen LogP contribution in [0.5, 0.6) is 0 Å². The van der Waals surface area contributed by atoms with Crippen molar-refractivity contribution in [2.45, 2.75) is 38.0 Å². The van der Waals surface area contributed by atoms with Crippen LogP contribution in [0.25, 0.3) is 0 Å². The maximum atomic E-state index is 13.8. The zero-order valence-corrected chi connectivity index (χ0v) is 17.9. The van der Waals surface area contributed by atoms with Gasteiger partial charge in [-0.3, -0.25) is 9.59 Å². The Bertz CT molecular complexity index is 1200. The quantitative estimate of drug-likeness (QED) is 0.401. The SMILES string of the molecule is O=C(O)CC1CCCCC1c1ccc(NC(=O)c2nnc(Nc3cc(F)c(F)cc3F)o2)cc1. The van der Waals surface area contributed by atoms with E-state index in [1.165, 1.54) is 0 Å². The van der Waals surface area contributed by atoms with Gasteiger partial charge in [-0.15, -0.1) is 5.10 Å². The number of hydrogen-bond acceptors (Lipinski definition) is 6. The highest BCUT2D eigenvalue weighted by Gasteiger charge is 2.28. The van der Waals surface area contributed by atoms with Gasteiger partial charge in [-0.2, -0.15) is 0 Å². The zero-order chi connectivity index (χ0) is 24.2. The number of aromatic nitrogens is 2. The van der Waals surface area contributed by atoms with E-state index in [0.717, 1.165) is 31.2 Å². The van der Waals surface area contributed by atoms with E-state index in [-0.39, 0.29) is 24.3 Å². The lowest BCUT2D eigenvalue weighted by molar-refractivity contribution is -0.138. The van der Waals surface area contributed by atoms with E-state index in [0.29, 0.717) is 17.8 Å². The van der Waals surface area contributed by atoms with Gasteiger partial charge in [-0.05, 0) is 42.4 Å². The first-order chi connectivity index (χ1) is 16.3. The van der Waals surface area contributed by atoms with Crippen molar-refractivity contribution in [2.75, 3.05) is 10.6 Å². The Balaban J connectivity index is 1.40. The van der Waals surface area contributed by atoms with Crippen LogP contribution in [-0.4, -0.2) is 27.2 Å². The number of carboxylic acids is 1. The highest BCUT2D eigenvalue weighted by atomic mass is 19.2. The van der Waals surface area contributed by atoms with Gasteiger partial charge in [0, 0.05) is 24.2 Å². The molecule has 0 aliphatic heterocycles. The lowest BCUT2D eigenvalue weighted by atomic mass is 9.74. The lowest BCUT2D eigenvalue weighted by Crippen LogP contribution is -2.21. The molecule has 1 aliphatic carbocycles. The third kappa shape index (κ3) is 5.36. The summed E-state index contributed by atoms with van der Waals surface area (Å²) in [4.78, 5) is 23.6. The summed E-state index contributed by atoms with van der Waals surface area (Å²) >= 11 is 0. The largest absolute Gasteiger partial charge is 0.481 e. The molecule has 0 spiro atoms. The lowest BCUT2D eigenvalue weighted by Gasteiger charge is -2.31. The molecule has 3 N–H and O–H groups in total. The van der Waals surface area contributed by atoms with Crippen LogP contribution in [0.3, 0.4) is 0 Å². The van der Waals surface area contributed by atoms with Crippen molar-refractivity contribution >= 4 is 29.3 Å². The first kappa shape index (κ1) is 23.3. The predicted molar refractivity (Wildman–Crippen MR) is 115 cm³/mol. The molecule has 2 atom stereocenters. The highest BCUT2D eigenvalue weighted by Crippen LogP contribution is 2.40. The number of nitrogens with one attached hydrogen (secondary N) is 2. The Morgan fingerprint density at radius 3 is 2.44 bits per heavy atom. The van der Waals surface area contributed by atoms with E-state index in [1.807, 2.05) is 12.1 Å². The zero-order valence-electron chi connectivity index (χ0n) is 17.9. The van der Waals surface area contributed by atoms with Crippen LogP contribution in [0, 0.1) is 23.4 Å². The number of aliphatic carboxylic acids is 1. The average molecular weight is 474 g/mol. The molecular formula is C23H21F3N4O4. The second-order valence-electron chi connectivity index (χ2n) is 8.11. The fourth-order valence-corrected chi connectivity index (χ4v) is 4.21.